The molecule has 1 aromatic rings. The minimum atomic E-state index is -3.51. The second-order valence-corrected chi connectivity index (χ2v) is 7.99. The van der Waals surface area contributed by atoms with Gasteiger partial charge in [-0.2, -0.15) is 4.31 Å². The lowest BCUT2D eigenvalue weighted by molar-refractivity contribution is 0.335. The topological polar surface area (TPSA) is 49.4 Å². The van der Waals surface area contributed by atoms with E-state index >= 15 is 0 Å². The standard InChI is InChI=1S/C13H18BrClN2O2S.ClH/c1-2-7-17(11-5-6-16-9-11)20(18,19)13-4-3-10(15)8-12(13)14;/h3-4,8,11,16H,2,5-7,9H2,1H3;1H. The largest absolute Gasteiger partial charge is 0.315 e. The highest BCUT2D eigenvalue weighted by molar-refractivity contribution is 9.10. The van der Waals surface area contributed by atoms with Crippen LogP contribution in [0.2, 0.25) is 5.02 Å². The average Bonchev–Trinajstić information content (AvgIpc) is 2.88. The molecule has 0 radical (unpaired) electrons. The molecule has 1 N–H and O–H groups in total. The third-order valence-corrected chi connectivity index (χ3v) is 6.53. The van der Waals surface area contributed by atoms with E-state index in [1.807, 2.05) is 6.92 Å². The molecular formula is C13H19BrCl2N2O2S. The molecular weight excluding hydrogens is 399 g/mol. The first-order chi connectivity index (χ1) is 9.46. The first kappa shape index (κ1) is 19.2. The summed E-state index contributed by atoms with van der Waals surface area (Å²) in [6.07, 6.45) is 1.64. The highest BCUT2D eigenvalue weighted by Gasteiger charge is 2.33. The van der Waals surface area contributed by atoms with Crippen molar-refractivity contribution in [2.45, 2.75) is 30.7 Å². The molecule has 8 heteroatoms. The van der Waals surface area contributed by atoms with Gasteiger partial charge in [0.2, 0.25) is 10.0 Å². The lowest BCUT2D eigenvalue weighted by atomic mass is 10.2. The van der Waals surface area contributed by atoms with E-state index in [2.05, 4.69) is 21.2 Å². The van der Waals surface area contributed by atoms with Gasteiger partial charge in [-0.3, -0.25) is 0 Å². The monoisotopic (exact) mass is 416 g/mol. The zero-order valence-electron chi connectivity index (χ0n) is 11.7. The van der Waals surface area contributed by atoms with E-state index in [0.29, 0.717) is 22.6 Å². The Kier molecular flexibility index (Phi) is 7.43. The SMILES string of the molecule is CCCN(C1CCNC1)S(=O)(=O)c1ccc(Cl)cc1Br.Cl. The lowest BCUT2D eigenvalue weighted by Crippen LogP contribution is -2.42. The Morgan fingerprint density at radius 3 is 2.71 bits per heavy atom. The Morgan fingerprint density at radius 1 is 1.48 bits per heavy atom. The summed E-state index contributed by atoms with van der Waals surface area (Å²) in [4.78, 5) is 0.280. The molecule has 1 aliphatic heterocycles. The van der Waals surface area contributed by atoms with Gasteiger partial charge >= 0.3 is 0 Å². The fraction of sp³-hybridized carbons (Fsp3) is 0.538. The number of hydrogen-bond acceptors (Lipinski definition) is 3. The fourth-order valence-corrected chi connectivity index (χ4v) is 5.51. The molecule has 120 valence electrons. The molecule has 1 fully saturated rings. The zero-order chi connectivity index (χ0) is 14.8. The van der Waals surface area contributed by atoms with Gasteiger partial charge in [0.25, 0.3) is 0 Å². The smallest absolute Gasteiger partial charge is 0.244 e. The predicted molar refractivity (Wildman–Crippen MR) is 91.9 cm³/mol. The summed E-state index contributed by atoms with van der Waals surface area (Å²) in [6, 6.07) is 4.82. The molecule has 0 saturated carbocycles. The summed E-state index contributed by atoms with van der Waals surface area (Å²) in [7, 11) is -3.51. The zero-order valence-corrected chi connectivity index (χ0v) is 15.7. The summed E-state index contributed by atoms with van der Waals surface area (Å²) in [5.41, 5.74) is 0. The van der Waals surface area contributed by atoms with E-state index in [4.69, 9.17) is 11.6 Å². The first-order valence-electron chi connectivity index (χ1n) is 6.64. The maximum atomic E-state index is 12.9. The van der Waals surface area contributed by atoms with Crippen molar-refractivity contribution in [1.29, 1.82) is 0 Å². The Labute approximate surface area is 145 Å². The molecule has 0 bridgehead atoms. The van der Waals surface area contributed by atoms with Crippen LogP contribution in [-0.4, -0.2) is 38.4 Å². The van der Waals surface area contributed by atoms with Gasteiger partial charge in [0.05, 0.1) is 4.90 Å². The minimum Gasteiger partial charge on any atom is -0.315 e. The maximum absolute atomic E-state index is 12.9. The molecule has 1 atom stereocenters. The van der Waals surface area contributed by atoms with Gasteiger partial charge in [-0.1, -0.05) is 18.5 Å². The van der Waals surface area contributed by atoms with Crippen molar-refractivity contribution in [2.75, 3.05) is 19.6 Å². The van der Waals surface area contributed by atoms with Crippen LogP contribution in [-0.2, 0) is 10.0 Å². The van der Waals surface area contributed by atoms with E-state index in [-0.39, 0.29) is 23.3 Å². The van der Waals surface area contributed by atoms with E-state index < -0.39 is 10.0 Å². The predicted octanol–water partition coefficient (Wildman–Crippen LogP) is 3.29. The van der Waals surface area contributed by atoms with Crippen molar-refractivity contribution in [1.82, 2.24) is 9.62 Å². The molecule has 4 nitrogen and oxygen atoms in total. The molecule has 0 aliphatic carbocycles. The molecule has 2 rings (SSSR count). The summed E-state index contributed by atoms with van der Waals surface area (Å²) in [6.45, 7) is 4.10. The van der Waals surface area contributed by atoms with Crippen LogP contribution in [0.3, 0.4) is 0 Å². The minimum absolute atomic E-state index is 0. The van der Waals surface area contributed by atoms with Gasteiger partial charge in [-0.15, -0.1) is 12.4 Å². The van der Waals surface area contributed by atoms with Crippen LogP contribution in [0.1, 0.15) is 19.8 Å². The summed E-state index contributed by atoms with van der Waals surface area (Å²) < 4.78 is 27.9. The molecule has 1 saturated heterocycles. The van der Waals surface area contributed by atoms with E-state index in [0.717, 1.165) is 19.4 Å². The summed E-state index contributed by atoms with van der Waals surface area (Å²) >= 11 is 9.19. The van der Waals surface area contributed by atoms with Crippen molar-refractivity contribution in [3.63, 3.8) is 0 Å². The molecule has 1 aromatic carbocycles. The Bertz CT molecular complexity index is 578. The van der Waals surface area contributed by atoms with Crippen LogP contribution in [0.25, 0.3) is 0 Å². The Balaban J connectivity index is 0.00000220. The van der Waals surface area contributed by atoms with Crippen LogP contribution < -0.4 is 5.32 Å². The molecule has 1 aliphatic rings. The number of nitrogens with one attached hydrogen (secondary N) is 1. The Morgan fingerprint density at radius 2 is 2.19 bits per heavy atom. The van der Waals surface area contributed by atoms with E-state index in [1.54, 1.807) is 22.5 Å². The van der Waals surface area contributed by atoms with Crippen LogP contribution in [0.5, 0.6) is 0 Å². The molecule has 21 heavy (non-hydrogen) atoms. The number of halogens is 3. The molecule has 0 aromatic heterocycles. The van der Waals surface area contributed by atoms with Crippen molar-refractivity contribution in [3.8, 4) is 0 Å². The fourth-order valence-electron chi connectivity index (χ4n) is 2.42. The second-order valence-electron chi connectivity index (χ2n) is 4.84. The first-order valence-corrected chi connectivity index (χ1v) is 9.25. The van der Waals surface area contributed by atoms with Gasteiger partial charge in [-0.25, -0.2) is 8.42 Å². The maximum Gasteiger partial charge on any atom is 0.244 e. The quantitative estimate of drug-likeness (QED) is 0.799. The van der Waals surface area contributed by atoms with Gasteiger partial charge in [0.15, 0.2) is 0 Å². The van der Waals surface area contributed by atoms with Crippen molar-refractivity contribution in [3.05, 3.63) is 27.7 Å². The van der Waals surface area contributed by atoms with Crippen LogP contribution in [0, 0.1) is 0 Å². The third-order valence-electron chi connectivity index (χ3n) is 3.37. The summed E-state index contributed by atoms with van der Waals surface area (Å²) in [5, 5.41) is 3.73. The van der Waals surface area contributed by atoms with E-state index in [1.165, 1.54) is 0 Å². The second kappa shape index (κ2) is 8.13. The molecule has 0 spiro atoms. The van der Waals surface area contributed by atoms with Crippen LogP contribution in [0.15, 0.2) is 27.6 Å². The average molecular weight is 418 g/mol. The molecule has 1 unspecified atom stereocenters. The Hall–Kier alpha value is 0.150. The summed E-state index contributed by atoms with van der Waals surface area (Å²) in [5.74, 6) is 0. The van der Waals surface area contributed by atoms with Crippen molar-refractivity contribution >= 4 is 50.0 Å². The molecule has 0 amide bonds. The van der Waals surface area contributed by atoms with Gasteiger partial charge in [-0.05, 0) is 53.5 Å². The van der Waals surface area contributed by atoms with Gasteiger partial charge in [0, 0.05) is 28.6 Å². The molecule has 1 heterocycles. The van der Waals surface area contributed by atoms with Crippen molar-refractivity contribution < 1.29 is 8.42 Å². The highest BCUT2D eigenvalue weighted by atomic mass is 79.9. The number of benzene rings is 1. The normalized spacial score (nSPS) is 18.8. The van der Waals surface area contributed by atoms with Crippen LogP contribution in [0.4, 0.5) is 0 Å². The third kappa shape index (κ3) is 4.33. The van der Waals surface area contributed by atoms with Gasteiger partial charge < -0.3 is 5.32 Å². The highest BCUT2D eigenvalue weighted by Crippen LogP contribution is 2.29. The van der Waals surface area contributed by atoms with Crippen LogP contribution >= 0.6 is 39.9 Å². The van der Waals surface area contributed by atoms with Crippen molar-refractivity contribution in [2.24, 2.45) is 0 Å². The van der Waals surface area contributed by atoms with Gasteiger partial charge in [0.1, 0.15) is 0 Å². The number of nitrogens with zero attached hydrogens (tertiary/aromatic N) is 1. The number of sulfonamides is 1. The number of rotatable bonds is 5. The van der Waals surface area contributed by atoms with E-state index in [9.17, 15) is 8.42 Å². The lowest BCUT2D eigenvalue weighted by Gasteiger charge is -2.27. The number of hydrogen-bond donors (Lipinski definition) is 1.